The van der Waals surface area contributed by atoms with Crippen LogP contribution in [0, 0.1) is 17.6 Å². The molecule has 208 valence electrons. The van der Waals surface area contributed by atoms with Crippen LogP contribution in [0.25, 0.3) is 5.82 Å². The van der Waals surface area contributed by atoms with Crippen LogP contribution in [-0.2, 0) is 17.9 Å². The maximum Gasteiger partial charge on any atom is 0.242 e. The Morgan fingerprint density at radius 3 is 2.65 bits per heavy atom. The first-order chi connectivity index (χ1) is 19.5. The molecule has 1 unspecified atom stereocenters. The van der Waals surface area contributed by atoms with Gasteiger partial charge in [-0.3, -0.25) is 14.3 Å². The molecule has 0 spiro atoms. The van der Waals surface area contributed by atoms with E-state index in [1.165, 1.54) is 18.6 Å². The number of pyridine rings is 1. The van der Waals surface area contributed by atoms with E-state index in [0.29, 0.717) is 36.5 Å². The van der Waals surface area contributed by atoms with Crippen LogP contribution in [0.5, 0.6) is 0 Å². The van der Waals surface area contributed by atoms with Gasteiger partial charge in [-0.25, -0.2) is 13.8 Å². The topological polar surface area (TPSA) is 110 Å². The molecule has 0 bridgehead atoms. The number of nitrogens with zero attached hydrogens (tertiary/aromatic N) is 5. The van der Waals surface area contributed by atoms with Gasteiger partial charge in [0.1, 0.15) is 35.6 Å². The molecule has 1 amide bonds. The fraction of sp³-hybridized carbons (Fsp3) is 0.345. The number of carbonyl (C=O) groups excluding carboxylic acids is 1. The van der Waals surface area contributed by atoms with Crippen LogP contribution in [-0.4, -0.2) is 36.5 Å². The third-order valence-corrected chi connectivity index (χ3v) is 7.06. The van der Waals surface area contributed by atoms with Crippen molar-refractivity contribution >= 4 is 17.7 Å². The van der Waals surface area contributed by atoms with E-state index in [1.807, 2.05) is 12.1 Å². The first-order valence-corrected chi connectivity index (χ1v) is 13.5. The molecule has 9 nitrogen and oxygen atoms in total. The Hall–Kier alpha value is -4.41. The van der Waals surface area contributed by atoms with Gasteiger partial charge in [-0.1, -0.05) is 44.2 Å². The summed E-state index contributed by atoms with van der Waals surface area (Å²) in [5.74, 6) is 0.185. The summed E-state index contributed by atoms with van der Waals surface area (Å²) in [4.78, 5) is 31.0. The minimum atomic E-state index is -0.692. The number of amides is 1. The molecule has 1 aliphatic carbocycles. The lowest BCUT2D eigenvalue weighted by atomic mass is 9.84. The molecule has 0 radical (unpaired) electrons. The van der Waals surface area contributed by atoms with Gasteiger partial charge < -0.3 is 16.0 Å². The lowest BCUT2D eigenvalue weighted by molar-refractivity contribution is -0.122. The van der Waals surface area contributed by atoms with Gasteiger partial charge in [-0.2, -0.15) is 9.97 Å². The van der Waals surface area contributed by atoms with Crippen LogP contribution in [0.2, 0.25) is 0 Å². The van der Waals surface area contributed by atoms with Crippen molar-refractivity contribution in [3.05, 3.63) is 90.3 Å². The summed E-state index contributed by atoms with van der Waals surface area (Å²) in [7, 11) is 0. The SMILES string of the molecule is O=C(NCc1ccc(F)cc1F)C(CC1CCCCC1)Nc1cc(-n2ccnc2)nc(NCc2cccnc2)n1. The van der Waals surface area contributed by atoms with Gasteiger partial charge in [0.2, 0.25) is 11.9 Å². The fourth-order valence-corrected chi connectivity index (χ4v) is 4.93. The van der Waals surface area contributed by atoms with Gasteiger partial charge >= 0.3 is 0 Å². The van der Waals surface area contributed by atoms with E-state index in [4.69, 9.17) is 0 Å². The highest BCUT2D eigenvalue weighted by molar-refractivity contribution is 5.84. The lowest BCUT2D eigenvalue weighted by Gasteiger charge is -2.27. The molecule has 1 aliphatic rings. The predicted octanol–water partition coefficient (Wildman–Crippen LogP) is 5.01. The van der Waals surface area contributed by atoms with Gasteiger partial charge in [-0.05, 0) is 30.0 Å². The van der Waals surface area contributed by atoms with E-state index in [0.717, 1.165) is 37.3 Å². The summed E-state index contributed by atoms with van der Waals surface area (Å²) in [5, 5.41) is 9.39. The molecule has 0 saturated heterocycles. The number of aromatic nitrogens is 5. The minimum Gasteiger partial charge on any atom is -0.358 e. The van der Waals surface area contributed by atoms with E-state index in [2.05, 4.69) is 35.9 Å². The van der Waals surface area contributed by atoms with E-state index >= 15 is 0 Å². The van der Waals surface area contributed by atoms with Gasteiger partial charge in [-0.15, -0.1) is 0 Å². The normalized spacial score (nSPS) is 14.4. The Kier molecular flexibility index (Phi) is 8.89. The van der Waals surface area contributed by atoms with E-state index in [1.54, 1.807) is 41.7 Å². The minimum absolute atomic E-state index is 0.0459. The first-order valence-electron chi connectivity index (χ1n) is 13.5. The van der Waals surface area contributed by atoms with Gasteiger partial charge in [0.25, 0.3) is 0 Å². The molecule has 1 fully saturated rings. The van der Waals surface area contributed by atoms with Crippen molar-refractivity contribution in [1.82, 2.24) is 29.8 Å². The van der Waals surface area contributed by atoms with Crippen LogP contribution in [0.3, 0.4) is 0 Å². The molecule has 11 heteroatoms. The number of rotatable bonds is 11. The number of carbonyl (C=O) groups is 1. The van der Waals surface area contributed by atoms with Crippen molar-refractivity contribution in [3.63, 3.8) is 0 Å². The van der Waals surface area contributed by atoms with Crippen molar-refractivity contribution in [3.8, 4) is 5.82 Å². The second-order valence-corrected chi connectivity index (χ2v) is 10.0. The second-order valence-electron chi connectivity index (χ2n) is 10.0. The maximum atomic E-state index is 14.2. The summed E-state index contributed by atoms with van der Waals surface area (Å²) >= 11 is 0. The highest BCUT2D eigenvalue weighted by Crippen LogP contribution is 2.28. The molecule has 3 aromatic heterocycles. The Bertz CT molecular complexity index is 1390. The van der Waals surface area contributed by atoms with E-state index in [9.17, 15) is 13.6 Å². The molecular formula is C29H32F2N8O. The zero-order valence-electron chi connectivity index (χ0n) is 22.1. The van der Waals surface area contributed by atoms with Crippen molar-refractivity contribution in [2.45, 2.75) is 57.7 Å². The summed E-state index contributed by atoms with van der Waals surface area (Å²) in [6.07, 6.45) is 14.8. The highest BCUT2D eigenvalue weighted by atomic mass is 19.1. The second kappa shape index (κ2) is 13.1. The Balaban J connectivity index is 1.36. The zero-order chi connectivity index (χ0) is 27.7. The fourth-order valence-electron chi connectivity index (χ4n) is 4.93. The Morgan fingerprint density at radius 1 is 1.02 bits per heavy atom. The third kappa shape index (κ3) is 7.37. The van der Waals surface area contributed by atoms with E-state index < -0.39 is 17.7 Å². The number of hydrogen-bond acceptors (Lipinski definition) is 7. The number of nitrogens with one attached hydrogen (secondary N) is 3. The van der Waals surface area contributed by atoms with Crippen LogP contribution in [0.1, 0.15) is 49.7 Å². The van der Waals surface area contributed by atoms with Gasteiger partial charge in [0.05, 0.1) is 0 Å². The molecule has 5 rings (SSSR count). The largest absolute Gasteiger partial charge is 0.358 e. The smallest absolute Gasteiger partial charge is 0.242 e. The average Bonchev–Trinajstić information content (AvgIpc) is 3.52. The summed E-state index contributed by atoms with van der Waals surface area (Å²) in [5.41, 5.74) is 1.19. The number of benzene rings is 1. The number of hydrogen-bond donors (Lipinski definition) is 3. The average molecular weight is 547 g/mol. The molecular weight excluding hydrogens is 514 g/mol. The van der Waals surface area contributed by atoms with Crippen molar-refractivity contribution in [2.24, 2.45) is 5.92 Å². The molecule has 3 N–H and O–H groups in total. The summed E-state index contributed by atoms with van der Waals surface area (Å²) in [6, 6.07) is 8.31. The van der Waals surface area contributed by atoms with Crippen molar-refractivity contribution in [2.75, 3.05) is 10.6 Å². The van der Waals surface area contributed by atoms with Gasteiger partial charge in [0.15, 0.2) is 0 Å². The van der Waals surface area contributed by atoms with Crippen LogP contribution >= 0.6 is 0 Å². The molecule has 0 aliphatic heterocycles. The van der Waals surface area contributed by atoms with Crippen molar-refractivity contribution in [1.29, 1.82) is 0 Å². The summed E-state index contributed by atoms with van der Waals surface area (Å²) < 4.78 is 29.3. The number of imidazole rings is 1. The predicted molar refractivity (Wildman–Crippen MR) is 148 cm³/mol. The zero-order valence-corrected chi connectivity index (χ0v) is 22.1. The number of halogens is 2. The lowest BCUT2D eigenvalue weighted by Crippen LogP contribution is -2.41. The molecule has 4 aromatic rings. The van der Waals surface area contributed by atoms with Crippen LogP contribution in [0.15, 0.2) is 67.5 Å². The van der Waals surface area contributed by atoms with Crippen molar-refractivity contribution < 1.29 is 13.6 Å². The first kappa shape index (κ1) is 27.2. The van der Waals surface area contributed by atoms with Gasteiger partial charge in [0, 0.05) is 55.6 Å². The van der Waals surface area contributed by atoms with E-state index in [-0.39, 0.29) is 18.0 Å². The highest BCUT2D eigenvalue weighted by Gasteiger charge is 2.25. The Morgan fingerprint density at radius 2 is 1.90 bits per heavy atom. The van der Waals surface area contributed by atoms with Crippen LogP contribution in [0.4, 0.5) is 20.5 Å². The number of anilines is 2. The molecule has 40 heavy (non-hydrogen) atoms. The Labute approximate surface area is 231 Å². The molecule has 1 aromatic carbocycles. The quantitative estimate of drug-likeness (QED) is 0.242. The van der Waals surface area contributed by atoms with Crippen LogP contribution < -0.4 is 16.0 Å². The monoisotopic (exact) mass is 546 g/mol. The molecule has 1 atom stereocenters. The standard InChI is InChI=1S/C29H32F2N8O/c30-23-9-8-22(24(31)14-23)18-34-28(40)25(13-20-5-2-1-3-6-20)36-26-15-27(39-12-11-33-19-39)38-29(37-26)35-17-21-7-4-10-32-16-21/h4,7-12,14-16,19-20,25H,1-3,5-6,13,17-18H2,(H,34,40)(H2,35,36,37,38). The summed E-state index contributed by atoms with van der Waals surface area (Å²) in [6.45, 7) is 0.422. The third-order valence-electron chi connectivity index (χ3n) is 7.06. The molecule has 1 saturated carbocycles. The maximum absolute atomic E-state index is 14.2. The molecule has 3 heterocycles.